The van der Waals surface area contributed by atoms with Gasteiger partial charge in [-0.1, -0.05) is 24.3 Å². The molecule has 11 heteroatoms. The molecule has 0 bridgehead atoms. The number of nitrogens with zero attached hydrogens (tertiary/aromatic N) is 2. The molecule has 181 valence electrons. The Bertz CT molecular complexity index is 1150. The zero-order valence-electron chi connectivity index (χ0n) is 18.3. The molecule has 0 saturated heterocycles. The molecule has 2 aromatic carbocycles. The molecular weight excluding hydrogens is 618 g/mol. The standard InChI is InChI=1S/2C11H9NO3.CH3O.O.Re/c2*1-15-10-6-9(11(13)14)12-8-5-3-2-4-7(8)10;1-2;;/h2*2-6H,1H3,(H,13,14);1H3;;/q;;-1;-2;/p-2. The van der Waals surface area contributed by atoms with Crippen molar-refractivity contribution in [1.29, 1.82) is 0 Å². The van der Waals surface area contributed by atoms with E-state index in [0.717, 1.165) is 17.9 Å². The number of fused-ring (bicyclic) bond motifs is 2. The first kappa shape index (κ1) is 30.4. The van der Waals surface area contributed by atoms with Crippen LogP contribution in [0.25, 0.3) is 21.8 Å². The van der Waals surface area contributed by atoms with Gasteiger partial charge in [0.15, 0.2) is 0 Å². The quantitative estimate of drug-likeness (QED) is 0.300. The zero-order chi connectivity index (χ0) is 23.7. The minimum Gasteiger partial charge on any atom is -2.00 e. The van der Waals surface area contributed by atoms with Gasteiger partial charge in [0.2, 0.25) is 0 Å². The van der Waals surface area contributed by atoms with Gasteiger partial charge in [-0.2, -0.15) is 7.11 Å². The van der Waals surface area contributed by atoms with Crippen molar-refractivity contribution < 1.29 is 60.3 Å². The predicted octanol–water partition coefficient (Wildman–Crippen LogP) is 0.0690. The van der Waals surface area contributed by atoms with Crippen LogP contribution in [0.15, 0.2) is 60.7 Å². The molecule has 10 nitrogen and oxygen atoms in total. The maximum Gasteiger partial charge on any atom is 0.130 e. The van der Waals surface area contributed by atoms with E-state index in [9.17, 15) is 19.8 Å². The maximum absolute atomic E-state index is 10.7. The number of ether oxygens (including phenoxy) is 2. The largest absolute Gasteiger partial charge is 2.00 e. The fourth-order valence-corrected chi connectivity index (χ4v) is 2.83. The number of carboxylic acid groups (broad SMARTS) is 2. The van der Waals surface area contributed by atoms with Crippen molar-refractivity contribution in [3.05, 3.63) is 72.1 Å². The van der Waals surface area contributed by atoms with Crippen molar-refractivity contribution in [3.63, 3.8) is 0 Å². The van der Waals surface area contributed by atoms with Gasteiger partial charge in [-0.15, -0.1) is 0 Å². The molecule has 34 heavy (non-hydrogen) atoms. The SMILES string of the molecule is COc1cc(C(=O)[O-])nc2ccccc12.COc1cc(C(=O)[O-])nc2ccccc12.C[O-].[O-2].[Re]. The van der Waals surface area contributed by atoms with Crippen LogP contribution < -0.4 is 24.8 Å². The number of rotatable bonds is 4. The molecule has 0 atom stereocenters. The van der Waals surface area contributed by atoms with Crippen molar-refractivity contribution >= 4 is 33.7 Å². The van der Waals surface area contributed by atoms with Crippen molar-refractivity contribution in [1.82, 2.24) is 9.97 Å². The number of carbonyl (C=O) groups excluding carboxylic acids is 2. The Morgan fingerprint density at radius 3 is 1.32 bits per heavy atom. The Morgan fingerprint density at radius 2 is 1.03 bits per heavy atom. The van der Waals surface area contributed by atoms with E-state index in [1.165, 1.54) is 26.4 Å². The van der Waals surface area contributed by atoms with Gasteiger partial charge >= 0.3 is 0 Å². The van der Waals surface area contributed by atoms with Crippen LogP contribution >= 0.6 is 0 Å². The van der Waals surface area contributed by atoms with Gasteiger partial charge in [0, 0.05) is 43.3 Å². The monoisotopic (exact) mass is 638 g/mol. The van der Waals surface area contributed by atoms with Crippen molar-refractivity contribution in [3.8, 4) is 11.5 Å². The summed E-state index contributed by atoms with van der Waals surface area (Å²) in [6, 6.07) is 17.1. The first-order chi connectivity index (χ1) is 15.4. The number of aromatic nitrogens is 2. The third kappa shape index (κ3) is 7.20. The number of benzene rings is 2. The molecule has 0 N–H and O–H groups in total. The number of hydrogen-bond acceptors (Lipinski definition) is 9. The van der Waals surface area contributed by atoms with Crippen LogP contribution in [-0.2, 0) is 25.9 Å². The number of carboxylic acids is 2. The van der Waals surface area contributed by atoms with Crippen molar-refractivity contribution in [2.24, 2.45) is 0 Å². The smallest absolute Gasteiger partial charge is 0.130 e. The molecule has 0 aliphatic carbocycles. The molecule has 1 radical (unpaired) electrons. The van der Waals surface area contributed by atoms with E-state index in [0.29, 0.717) is 22.5 Å². The second-order valence-electron chi connectivity index (χ2n) is 6.03. The first-order valence-corrected chi connectivity index (χ1v) is 9.15. The summed E-state index contributed by atoms with van der Waals surface area (Å²) in [7, 11) is 3.72. The number of carbonyl (C=O) groups is 2. The van der Waals surface area contributed by atoms with Crippen LogP contribution in [0.1, 0.15) is 21.0 Å². The van der Waals surface area contributed by atoms with Crippen LogP contribution in [0.2, 0.25) is 0 Å². The Kier molecular flexibility index (Phi) is 13.0. The maximum atomic E-state index is 10.7. The Balaban J connectivity index is 0.000000566. The molecule has 0 spiro atoms. The third-order valence-corrected chi connectivity index (χ3v) is 4.21. The van der Waals surface area contributed by atoms with Crippen LogP contribution in [-0.4, -0.2) is 43.2 Å². The van der Waals surface area contributed by atoms with Crippen LogP contribution in [0.3, 0.4) is 0 Å². The van der Waals surface area contributed by atoms with E-state index in [2.05, 4.69) is 9.97 Å². The summed E-state index contributed by atoms with van der Waals surface area (Å²) >= 11 is 0. The van der Waals surface area contributed by atoms with E-state index in [1.54, 1.807) is 24.3 Å². The molecular formula is C23H19N2O8Re-5. The van der Waals surface area contributed by atoms with Gasteiger partial charge in [0.05, 0.1) is 48.6 Å². The molecule has 0 aliphatic heterocycles. The fraction of sp³-hybridized carbons (Fsp3) is 0.130. The Labute approximate surface area is 208 Å². The van der Waals surface area contributed by atoms with Gasteiger partial charge in [0.25, 0.3) is 0 Å². The molecule has 0 saturated carbocycles. The summed E-state index contributed by atoms with van der Waals surface area (Å²) in [6.07, 6.45) is 0. The summed E-state index contributed by atoms with van der Waals surface area (Å²) in [5, 5.41) is 31.2. The van der Waals surface area contributed by atoms with Gasteiger partial charge in [-0.3, -0.25) is 0 Å². The number of pyridine rings is 2. The minimum atomic E-state index is -1.31. The summed E-state index contributed by atoms with van der Waals surface area (Å²) in [5.41, 5.74) is 0.920. The van der Waals surface area contributed by atoms with Crippen LogP contribution in [0, 0.1) is 0 Å². The average Bonchev–Trinajstić information content (AvgIpc) is 2.84. The first-order valence-electron chi connectivity index (χ1n) is 9.15. The van der Waals surface area contributed by atoms with Crippen LogP contribution in [0.5, 0.6) is 11.5 Å². The van der Waals surface area contributed by atoms with E-state index >= 15 is 0 Å². The van der Waals surface area contributed by atoms with E-state index in [-0.39, 0.29) is 37.3 Å². The van der Waals surface area contributed by atoms with E-state index in [1.807, 2.05) is 24.3 Å². The Hall–Kier alpha value is -3.62. The third-order valence-electron chi connectivity index (χ3n) is 4.21. The molecule has 4 rings (SSSR count). The van der Waals surface area contributed by atoms with Gasteiger partial charge in [-0.25, -0.2) is 9.97 Å². The molecule has 0 amide bonds. The van der Waals surface area contributed by atoms with Crippen molar-refractivity contribution in [2.75, 3.05) is 21.3 Å². The summed E-state index contributed by atoms with van der Waals surface area (Å²) in [4.78, 5) is 29.2. The van der Waals surface area contributed by atoms with Gasteiger partial charge < -0.3 is 39.9 Å². The molecule has 0 aliphatic rings. The summed E-state index contributed by atoms with van der Waals surface area (Å²) in [6.45, 7) is 0. The average molecular weight is 638 g/mol. The summed E-state index contributed by atoms with van der Waals surface area (Å²) in [5.74, 6) is -1.64. The topological polar surface area (TPSA) is 176 Å². The molecule has 2 aromatic heterocycles. The zero-order valence-corrected chi connectivity index (χ0v) is 21.0. The van der Waals surface area contributed by atoms with E-state index < -0.39 is 11.9 Å². The minimum absolute atomic E-state index is 0. The fourth-order valence-electron chi connectivity index (χ4n) is 2.83. The van der Waals surface area contributed by atoms with Gasteiger partial charge in [0.1, 0.15) is 11.5 Å². The number of para-hydroxylation sites is 2. The second-order valence-corrected chi connectivity index (χ2v) is 6.03. The number of methoxy groups -OCH3 is 2. The van der Waals surface area contributed by atoms with E-state index in [4.69, 9.17) is 14.6 Å². The number of hydrogen-bond donors (Lipinski definition) is 0. The molecule has 4 aromatic rings. The molecule has 2 heterocycles. The summed E-state index contributed by atoms with van der Waals surface area (Å²) < 4.78 is 10.2. The molecule has 0 fully saturated rings. The normalized spacial score (nSPS) is 9.18. The second kappa shape index (κ2) is 14.5. The van der Waals surface area contributed by atoms with Crippen molar-refractivity contribution in [2.45, 2.75) is 0 Å². The molecule has 0 unspecified atom stereocenters. The van der Waals surface area contributed by atoms with Crippen LogP contribution in [0.4, 0.5) is 0 Å². The van der Waals surface area contributed by atoms with Gasteiger partial charge in [-0.05, 0) is 24.3 Å². The predicted molar refractivity (Wildman–Crippen MR) is 112 cm³/mol. The Morgan fingerprint density at radius 1 is 0.706 bits per heavy atom. The number of aromatic carboxylic acids is 2.